The summed E-state index contributed by atoms with van der Waals surface area (Å²) < 4.78 is 6.43. The van der Waals surface area contributed by atoms with Gasteiger partial charge in [-0.3, -0.25) is 0 Å². The van der Waals surface area contributed by atoms with Crippen LogP contribution < -0.4 is 0 Å². The quantitative estimate of drug-likeness (QED) is 0.241. The Hall–Kier alpha value is -1.28. The van der Waals surface area contributed by atoms with E-state index in [-0.39, 0.29) is 0 Å². The summed E-state index contributed by atoms with van der Waals surface area (Å²) in [7, 11) is -1.75. The predicted octanol–water partition coefficient (Wildman–Crippen LogP) is 7.58. The van der Waals surface area contributed by atoms with Crippen LogP contribution in [0.5, 0.6) is 0 Å². The molecule has 0 aliphatic carbocycles. The lowest BCUT2D eigenvalue weighted by molar-refractivity contribution is 0.414. The molecular formula is C22H36OSi. The molecule has 0 saturated heterocycles. The van der Waals surface area contributed by atoms with Gasteiger partial charge in [-0.1, -0.05) is 90.1 Å². The van der Waals surface area contributed by atoms with Crippen LogP contribution >= 0.6 is 0 Å². The van der Waals surface area contributed by atoms with E-state index in [0.29, 0.717) is 16.6 Å². The second kappa shape index (κ2) is 10.6. The number of rotatable bonds is 10. The van der Waals surface area contributed by atoms with Gasteiger partial charge in [0.2, 0.25) is 0 Å². The van der Waals surface area contributed by atoms with Crippen molar-refractivity contribution in [2.75, 3.05) is 0 Å². The van der Waals surface area contributed by atoms with Gasteiger partial charge in [-0.15, -0.1) is 0 Å². The summed E-state index contributed by atoms with van der Waals surface area (Å²) in [6.45, 7) is 14.0. The normalized spacial score (nSPS) is 13.0. The fraction of sp³-hybridized carbons (Fsp3) is 0.545. The highest BCUT2D eigenvalue weighted by Gasteiger charge is 2.46. The first kappa shape index (κ1) is 20.8. The Morgan fingerprint density at radius 1 is 0.833 bits per heavy atom. The van der Waals surface area contributed by atoms with E-state index in [2.05, 4.69) is 90.1 Å². The van der Waals surface area contributed by atoms with Crippen LogP contribution in [0, 0.1) is 0 Å². The van der Waals surface area contributed by atoms with Crippen molar-refractivity contribution in [3.63, 3.8) is 0 Å². The van der Waals surface area contributed by atoms with E-state index < -0.39 is 8.32 Å². The van der Waals surface area contributed by atoms with Gasteiger partial charge in [-0.25, -0.2) is 0 Å². The molecule has 1 aromatic rings. The van der Waals surface area contributed by atoms with Crippen molar-refractivity contribution in [2.24, 2.45) is 0 Å². The molecule has 1 nitrogen and oxygen atoms in total. The molecule has 0 heterocycles. The van der Waals surface area contributed by atoms with Gasteiger partial charge in [-0.05, 0) is 41.4 Å². The van der Waals surface area contributed by atoms with Gasteiger partial charge in [0.05, 0.1) is 6.26 Å². The minimum absolute atomic E-state index is 0.635. The number of unbranched alkanes of at least 4 members (excludes halogenated alkanes) is 2. The molecule has 1 aromatic carbocycles. The Bertz CT molecular complexity index is 478. The zero-order chi connectivity index (χ0) is 18.0. The molecule has 0 aliphatic heterocycles. The summed E-state index contributed by atoms with van der Waals surface area (Å²) >= 11 is 0. The van der Waals surface area contributed by atoms with Gasteiger partial charge in [0.1, 0.15) is 0 Å². The Labute approximate surface area is 151 Å². The molecule has 0 aliphatic rings. The van der Waals surface area contributed by atoms with Crippen LogP contribution in [0.3, 0.4) is 0 Å². The van der Waals surface area contributed by atoms with E-state index in [4.69, 9.17) is 4.43 Å². The molecule has 0 amide bonds. The molecular weight excluding hydrogens is 308 g/mol. The maximum atomic E-state index is 6.43. The zero-order valence-electron chi connectivity index (χ0n) is 16.5. The summed E-state index contributed by atoms with van der Waals surface area (Å²) in [5.41, 5.74) is 3.18. The van der Waals surface area contributed by atoms with Crippen LogP contribution in [-0.2, 0) is 4.43 Å². The Balaban J connectivity index is 2.40. The Morgan fingerprint density at radius 3 is 1.92 bits per heavy atom. The maximum absolute atomic E-state index is 6.43. The fourth-order valence-electron chi connectivity index (χ4n) is 3.78. The number of allylic oxidation sites excluding steroid dienone is 2. The van der Waals surface area contributed by atoms with E-state index in [1.807, 2.05) is 6.26 Å². The lowest BCUT2D eigenvalue weighted by Gasteiger charge is -2.41. The summed E-state index contributed by atoms with van der Waals surface area (Å²) in [6, 6.07) is 10.5. The van der Waals surface area contributed by atoms with Gasteiger partial charge in [0.25, 0.3) is 8.32 Å². The molecule has 0 saturated carbocycles. The van der Waals surface area contributed by atoms with Crippen LogP contribution in [0.2, 0.25) is 16.6 Å². The largest absolute Gasteiger partial charge is 0.548 e. The van der Waals surface area contributed by atoms with Gasteiger partial charge >= 0.3 is 0 Å². The standard InChI is InChI=1S/C22H36OSi/c1-19(2)24(20(3)4,21(5)6)23-18-14-9-7-8-11-15-22-16-12-10-13-17-22/h10-21H,7-9H2,1-6H3/b15-11-,18-14+. The molecule has 0 fully saturated rings. The second-order valence-electron chi connectivity index (χ2n) is 7.55. The minimum atomic E-state index is -1.75. The third-order valence-corrected chi connectivity index (χ3v) is 10.9. The summed E-state index contributed by atoms with van der Waals surface area (Å²) in [5.74, 6) is 0. The molecule has 134 valence electrons. The van der Waals surface area contributed by atoms with Crippen LogP contribution in [0.1, 0.15) is 66.4 Å². The number of hydrogen-bond donors (Lipinski definition) is 0. The van der Waals surface area contributed by atoms with E-state index in [0.717, 1.165) is 12.8 Å². The molecule has 0 spiro atoms. The lowest BCUT2D eigenvalue weighted by Crippen LogP contribution is -2.46. The van der Waals surface area contributed by atoms with Crippen molar-refractivity contribution in [2.45, 2.75) is 77.4 Å². The highest BCUT2D eigenvalue weighted by Crippen LogP contribution is 2.42. The molecule has 0 atom stereocenters. The van der Waals surface area contributed by atoms with Crippen molar-refractivity contribution in [1.29, 1.82) is 0 Å². The van der Waals surface area contributed by atoms with Crippen LogP contribution in [-0.4, -0.2) is 8.32 Å². The molecule has 1 rings (SSSR count). The maximum Gasteiger partial charge on any atom is 0.257 e. The smallest absolute Gasteiger partial charge is 0.257 e. The topological polar surface area (TPSA) is 9.23 Å². The van der Waals surface area contributed by atoms with Crippen LogP contribution in [0.4, 0.5) is 0 Å². The SMILES string of the molecule is CC(C)[Si](O/C=C/CCC/C=C\c1ccccc1)(C(C)C)C(C)C. The lowest BCUT2D eigenvalue weighted by atomic mass is 10.1. The number of hydrogen-bond acceptors (Lipinski definition) is 1. The molecule has 0 N–H and O–H groups in total. The first-order valence-electron chi connectivity index (χ1n) is 9.45. The first-order chi connectivity index (χ1) is 11.4. The molecule has 24 heavy (non-hydrogen) atoms. The highest BCUT2D eigenvalue weighted by atomic mass is 28.4. The van der Waals surface area contributed by atoms with Crippen molar-refractivity contribution in [1.82, 2.24) is 0 Å². The Kier molecular flexibility index (Phi) is 9.13. The van der Waals surface area contributed by atoms with Gasteiger partial charge in [-0.2, -0.15) is 0 Å². The average molecular weight is 345 g/mol. The second-order valence-corrected chi connectivity index (χ2v) is 13.0. The molecule has 0 aromatic heterocycles. The highest BCUT2D eigenvalue weighted by molar-refractivity contribution is 6.77. The number of benzene rings is 1. The third-order valence-electron chi connectivity index (χ3n) is 4.93. The molecule has 0 bridgehead atoms. The van der Waals surface area contributed by atoms with Gasteiger partial charge < -0.3 is 4.43 Å². The fourth-order valence-corrected chi connectivity index (χ4v) is 8.93. The molecule has 0 radical (unpaired) electrons. The van der Waals surface area contributed by atoms with Gasteiger partial charge in [0, 0.05) is 0 Å². The molecule has 2 heteroatoms. The minimum Gasteiger partial charge on any atom is -0.548 e. The van der Waals surface area contributed by atoms with Gasteiger partial charge in [0.15, 0.2) is 0 Å². The van der Waals surface area contributed by atoms with E-state index in [1.165, 1.54) is 12.0 Å². The first-order valence-corrected chi connectivity index (χ1v) is 11.6. The van der Waals surface area contributed by atoms with Crippen LogP contribution in [0.25, 0.3) is 6.08 Å². The van der Waals surface area contributed by atoms with Crippen molar-refractivity contribution in [3.8, 4) is 0 Å². The zero-order valence-corrected chi connectivity index (χ0v) is 17.5. The molecule has 0 unspecified atom stereocenters. The van der Waals surface area contributed by atoms with Crippen LogP contribution in [0.15, 0.2) is 48.7 Å². The summed E-state index contributed by atoms with van der Waals surface area (Å²) in [5, 5.41) is 0. The van der Waals surface area contributed by atoms with Crippen molar-refractivity contribution in [3.05, 3.63) is 54.3 Å². The van der Waals surface area contributed by atoms with E-state index in [1.54, 1.807) is 0 Å². The van der Waals surface area contributed by atoms with Crippen molar-refractivity contribution < 1.29 is 4.43 Å². The van der Waals surface area contributed by atoms with Crippen molar-refractivity contribution >= 4 is 14.4 Å². The summed E-state index contributed by atoms with van der Waals surface area (Å²) in [6.07, 6.45) is 12.0. The third kappa shape index (κ3) is 5.97. The average Bonchev–Trinajstić information content (AvgIpc) is 2.53. The van der Waals surface area contributed by atoms with E-state index in [9.17, 15) is 0 Å². The van der Waals surface area contributed by atoms with E-state index >= 15 is 0 Å². The Morgan fingerprint density at radius 2 is 1.38 bits per heavy atom. The predicted molar refractivity (Wildman–Crippen MR) is 111 cm³/mol. The monoisotopic (exact) mass is 344 g/mol. The summed E-state index contributed by atoms with van der Waals surface area (Å²) in [4.78, 5) is 0.